The third-order valence-electron chi connectivity index (χ3n) is 3.79. The van der Waals surface area contributed by atoms with E-state index in [0.29, 0.717) is 12.3 Å². The Bertz CT molecular complexity index is 558. The van der Waals surface area contributed by atoms with Crippen molar-refractivity contribution in [2.75, 3.05) is 5.88 Å². The number of hydrogen-bond acceptors (Lipinski definition) is 4. The maximum atomic E-state index is 12.2. The van der Waals surface area contributed by atoms with Crippen LogP contribution in [0.2, 0.25) is 6.82 Å². The van der Waals surface area contributed by atoms with Crippen LogP contribution >= 0.6 is 11.6 Å². The van der Waals surface area contributed by atoms with Gasteiger partial charge in [0.2, 0.25) is 0 Å². The minimum absolute atomic E-state index is 0.183. The van der Waals surface area contributed by atoms with Crippen LogP contribution < -0.4 is 5.23 Å². The van der Waals surface area contributed by atoms with Crippen molar-refractivity contribution >= 4 is 24.6 Å². The summed E-state index contributed by atoms with van der Waals surface area (Å²) >= 11 is 5.78. The third-order valence-corrected chi connectivity index (χ3v) is 4.06. The van der Waals surface area contributed by atoms with Gasteiger partial charge in [-0.3, -0.25) is 4.79 Å². The zero-order valence-corrected chi connectivity index (χ0v) is 16.8. The summed E-state index contributed by atoms with van der Waals surface area (Å²) in [5.74, 6) is 0.384. The molecule has 140 valence electrons. The van der Waals surface area contributed by atoms with Gasteiger partial charge in [-0.1, -0.05) is 18.2 Å². The maximum Gasteiger partial charge on any atom is 0.373 e. The van der Waals surface area contributed by atoms with Gasteiger partial charge in [0.05, 0.1) is 6.42 Å². The maximum absolute atomic E-state index is 12.2. The average Bonchev–Trinajstić information content (AvgIpc) is 2.45. The lowest BCUT2D eigenvalue weighted by atomic mass is 9.85. The molecule has 0 unspecified atom stereocenters. The van der Waals surface area contributed by atoms with Gasteiger partial charge >= 0.3 is 13.0 Å². The third kappa shape index (κ3) is 9.29. The molecule has 0 heterocycles. The number of nitrogens with one attached hydrogen (secondary N) is 1. The van der Waals surface area contributed by atoms with E-state index in [1.54, 1.807) is 6.82 Å². The normalized spacial score (nSPS) is 12.8. The van der Waals surface area contributed by atoms with Crippen molar-refractivity contribution in [3.05, 3.63) is 34.9 Å². The lowest BCUT2D eigenvalue weighted by molar-refractivity contribution is -0.155. The van der Waals surface area contributed by atoms with Gasteiger partial charge in [-0.15, -0.1) is 11.6 Å². The molecule has 25 heavy (non-hydrogen) atoms. The number of esters is 1. The fourth-order valence-electron chi connectivity index (χ4n) is 2.75. The van der Waals surface area contributed by atoms with E-state index < -0.39 is 12.7 Å². The second-order valence-electron chi connectivity index (χ2n) is 7.59. The molecule has 0 radical (unpaired) electrons. The Labute approximate surface area is 157 Å². The Balaban J connectivity index is 2.85. The summed E-state index contributed by atoms with van der Waals surface area (Å²) in [6.07, 6.45) is 2.76. The summed E-state index contributed by atoms with van der Waals surface area (Å²) in [6, 6.07) is 6.22. The molecule has 4 nitrogen and oxygen atoms in total. The topological polar surface area (TPSA) is 58.6 Å². The molecule has 1 aromatic rings. The molecule has 0 saturated carbocycles. The van der Waals surface area contributed by atoms with Gasteiger partial charge in [0, 0.05) is 11.9 Å². The van der Waals surface area contributed by atoms with Crippen LogP contribution in [-0.2, 0) is 22.4 Å². The fraction of sp³-hybridized carbons (Fsp3) is 0.632. The smallest absolute Gasteiger partial charge is 0.373 e. The quantitative estimate of drug-likeness (QED) is 0.398. The molecule has 6 heteroatoms. The Morgan fingerprint density at radius 1 is 1.40 bits per heavy atom. The number of alkyl halides is 1. The van der Waals surface area contributed by atoms with Crippen LogP contribution in [0.1, 0.15) is 50.3 Å². The average molecular weight is 368 g/mol. The number of carbonyl (C=O) groups is 1. The first-order valence-corrected chi connectivity index (χ1v) is 9.44. The molecule has 0 spiro atoms. The Kier molecular flexibility index (Phi) is 8.98. The highest BCUT2D eigenvalue weighted by atomic mass is 35.5. The molecule has 1 atom stereocenters. The number of halogens is 1. The van der Waals surface area contributed by atoms with E-state index in [9.17, 15) is 9.82 Å². The van der Waals surface area contributed by atoms with Gasteiger partial charge in [-0.05, 0) is 70.5 Å². The summed E-state index contributed by atoms with van der Waals surface area (Å²) in [4.78, 5) is 12.2. The molecule has 0 aliphatic heterocycles. The predicted octanol–water partition coefficient (Wildman–Crippen LogP) is 3.51. The molecule has 1 aromatic carbocycles. The van der Waals surface area contributed by atoms with Crippen molar-refractivity contribution in [1.29, 1.82) is 0 Å². The van der Waals surface area contributed by atoms with Crippen LogP contribution in [0.5, 0.6) is 0 Å². The summed E-state index contributed by atoms with van der Waals surface area (Å²) in [5, 5.41) is 12.8. The van der Waals surface area contributed by atoms with Crippen molar-refractivity contribution in [1.82, 2.24) is 5.23 Å². The Morgan fingerprint density at radius 2 is 2.08 bits per heavy atom. The highest BCUT2D eigenvalue weighted by Crippen LogP contribution is 2.17. The first-order valence-electron chi connectivity index (χ1n) is 8.91. The summed E-state index contributed by atoms with van der Waals surface area (Å²) in [6.45, 7) is 9.28. The van der Waals surface area contributed by atoms with Crippen LogP contribution in [0.15, 0.2) is 18.2 Å². The molecule has 0 amide bonds. The van der Waals surface area contributed by atoms with Gasteiger partial charge in [-0.25, -0.2) is 0 Å². The highest BCUT2D eigenvalue weighted by Gasteiger charge is 2.23. The van der Waals surface area contributed by atoms with Gasteiger partial charge < -0.3 is 15.0 Å². The molecule has 1 rings (SSSR count). The molecule has 0 bridgehead atoms. The number of ether oxygens (including phenoxy) is 1. The van der Waals surface area contributed by atoms with E-state index in [1.165, 1.54) is 16.7 Å². The zero-order valence-electron chi connectivity index (χ0n) is 16.1. The lowest BCUT2D eigenvalue weighted by Crippen LogP contribution is -2.43. The van der Waals surface area contributed by atoms with E-state index >= 15 is 0 Å². The Hall–Kier alpha value is -1.04. The van der Waals surface area contributed by atoms with Crippen LogP contribution in [0.3, 0.4) is 0 Å². The fourth-order valence-corrected chi connectivity index (χ4v) is 2.89. The van der Waals surface area contributed by atoms with Gasteiger partial charge in [0.1, 0.15) is 5.60 Å². The van der Waals surface area contributed by atoms with E-state index in [0.717, 1.165) is 12.8 Å². The standard InChI is InChI=1S/C19H31BClNO3/c1-14-8-9-15(7-6-10-21)11-16(14)12-17(22-20(5)24)13-18(23)25-19(2,3)4/h8-9,11,17,22,24H,6-7,10,12-13H2,1-5H3/t17-/m0/s1. The Morgan fingerprint density at radius 3 is 2.64 bits per heavy atom. The molecule has 0 saturated heterocycles. The van der Waals surface area contributed by atoms with Gasteiger partial charge in [0.25, 0.3) is 0 Å². The van der Waals surface area contributed by atoms with Crippen LogP contribution in [0.25, 0.3) is 0 Å². The number of carbonyl (C=O) groups excluding carboxylic acids is 1. The number of aryl methyl sites for hydroxylation is 2. The van der Waals surface area contributed by atoms with Crippen molar-refractivity contribution in [3.8, 4) is 0 Å². The molecule has 2 N–H and O–H groups in total. The highest BCUT2D eigenvalue weighted by molar-refractivity contribution is 6.45. The van der Waals surface area contributed by atoms with Crippen LogP contribution in [0, 0.1) is 6.92 Å². The van der Waals surface area contributed by atoms with Crippen LogP contribution in [-0.4, -0.2) is 35.6 Å². The van der Waals surface area contributed by atoms with E-state index in [-0.39, 0.29) is 18.4 Å². The first-order chi connectivity index (χ1) is 11.6. The van der Waals surface area contributed by atoms with E-state index in [2.05, 4.69) is 30.4 Å². The number of hydrogen-bond donors (Lipinski definition) is 2. The second-order valence-corrected chi connectivity index (χ2v) is 7.97. The van der Waals surface area contributed by atoms with Crippen molar-refractivity contribution in [2.45, 2.75) is 71.8 Å². The molecular formula is C19H31BClNO3. The van der Waals surface area contributed by atoms with Gasteiger partial charge in [0.15, 0.2) is 0 Å². The van der Waals surface area contributed by atoms with Crippen molar-refractivity contribution in [3.63, 3.8) is 0 Å². The predicted molar refractivity (Wildman–Crippen MR) is 105 cm³/mol. The molecule has 0 fully saturated rings. The van der Waals surface area contributed by atoms with E-state index in [1.807, 2.05) is 20.8 Å². The van der Waals surface area contributed by atoms with Crippen molar-refractivity contribution < 1.29 is 14.6 Å². The molecule has 0 aromatic heterocycles. The number of benzene rings is 1. The molecule has 0 aliphatic rings. The monoisotopic (exact) mass is 367 g/mol. The van der Waals surface area contributed by atoms with E-state index in [4.69, 9.17) is 16.3 Å². The molecule has 0 aliphatic carbocycles. The summed E-state index contributed by atoms with van der Waals surface area (Å²) in [7, 11) is -0.688. The summed E-state index contributed by atoms with van der Waals surface area (Å²) in [5.41, 5.74) is 3.09. The van der Waals surface area contributed by atoms with Gasteiger partial charge in [-0.2, -0.15) is 0 Å². The minimum Gasteiger partial charge on any atom is -0.460 e. The second kappa shape index (κ2) is 10.2. The SMILES string of the molecule is CB(O)N[C@H](CC(=O)OC(C)(C)C)Cc1cc(CCCCl)ccc1C. The zero-order chi connectivity index (χ0) is 19.0. The number of rotatable bonds is 9. The minimum atomic E-state index is -0.688. The van der Waals surface area contributed by atoms with Crippen LogP contribution in [0.4, 0.5) is 0 Å². The summed E-state index contributed by atoms with van der Waals surface area (Å²) < 4.78 is 5.42. The first kappa shape index (κ1) is 22.0. The lowest BCUT2D eigenvalue weighted by Gasteiger charge is -2.24. The van der Waals surface area contributed by atoms with Crippen molar-refractivity contribution in [2.24, 2.45) is 0 Å². The molecular weight excluding hydrogens is 336 g/mol. The largest absolute Gasteiger partial charge is 0.460 e.